The van der Waals surface area contributed by atoms with E-state index in [-0.39, 0.29) is 0 Å². The summed E-state index contributed by atoms with van der Waals surface area (Å²) in [5.41, 5.74) is 5.32. The molecule has 2 heterocycles. The highest BCUT2D eigenvalue weighted by atomic mass is 28.4. The molecule has 0 aliphatic carbocycles. The van der Waals surface area contributed by atoms with Crippen LogP contribution >= 0.6 is 0 Å². The van der Waals surface area contributed by atoms with Gasteiger partial charge in [0.15, 0.2) is 5.79 Å². The number of nitriles is 1. The van der Waals surface area contributed by atoms with E-state index in [0.717, 1.165) is 60.1 Å². The molecule has 3 rings (SSSR count). The highest BCUT2D eigenvalue weighted by Crippen LogP contribution is 2.43. The van der Waals surface area contributed by atoms with Crippen molar-refractivity contribution < 1.29 is 18.3 Å². The summed E-state index contributed by atoms with van der Waals surface area (Å²) in [7, 11) is -2.01. The molecule has 1 saturated heterocycles. The fourth-order valence-electron chi connectivity index (χ4n) is 6.09. The fourth-order valence-corrected chi connectivity index (χ4v) is 11.3. The average Bonchev–Trinajstić information content (AvgIpc) is 3.55. The summed E-state index contributed by atoms with van der Waals surface area (Å²) < 4.78 is 24.0. The lowest BCUT2D eigenvalue weighted by Crippen LogP contribution is -2.50. The van der Waals surface area contributed by atoms with Crippen molar-refractivity contribution in [1.82, 2.24) is 0 Å². The lowest BCUT2D eigenvalue weighted by atomic mass is 9.98. The molecule has 0 amide bonds. The van der Waals surface area contributed by atoms with Gasteiger partial charge < -0.3 is 18.3 Å². The van der Waals surface area contributed by atoms with Gasteiger partial charge in [-0.3, -0.25) is 0 Å². The van der Waals surface area contributed by atoms with E-state index in [1.54, 1.807) is 12.5 Å². The topological polar surface area (TPSA) is 64.6 Å². The number of rotatable bonds is 13. The first-order valence-electron chi connectivity index (χ1n) is 13.9. The van der Waals surface area contributed by atoms with Crippen LogP contribution in [0.4, 0.5) is 0 Å². The molecule has 0 spiro atoms. The van der Waals surface area contributed by atoms with E-state index >= 15 is 0 Å². The number of aryl methyl sites for hydroxylation is 1. The summed E-state index contributed by atoms with van der Waals surface area (Å²) in [5.74, 6) is 0.270. The minimum Gasteiger partial charge on any atom is -0.543 e. The molecule has 0 atom stereocenters. The van der Waals surface area contributed by atoms with E-state index in [1.165, 1.54) is 0 Å². The Morgan fingerprint density at radius 1 is 1.03 bits per heavy atom. The van der Waals surface area contributed by atoms with E-state index in [1.807, 2.05) is 6.07 Å². The van der Waals surface area contributed by atoms with E-state index in [9.17, 15) is 5.26 Å². The van der Waals surface area contributed by atoms with Crippen molar-refractivity contribution in [2.24, 2.45) is 0 Å². The van der Waals surface area contributed by atoms with Crippen LogP contribution in [0.2, 0.25) is 16.6 Å². The van der Waals surface area contributed by atoms with Crippen LogP contribution in [0.1, 0.15) is 90.3 Å². The SMILES string of the molecule is Cc1cc(O[Si](C(C)C)(C(C)C)C(C)C)ccc1/C(C#N)=C/CCCCCC1(c2ccoc2)OCCO1. The van der Waals surface area contributed by atoms with Crippen LogP contribution in [0.5, 0.6) is 5.75 Å². The largest absolute Gasteiger partial charge is 0.543 e. The maximum atomic E-state index is 9.88. The summed E-state index contributed by atoms with van der Waals surface area (Å²) in [6, 6.07) is 10.6. The Morgan fingerprint density at radius 3 is 2.24 bits per heavy atom. The molecule has 0 radical (unpaired) electrons. The molecule has 1 aliphatic heterocycles. The van der Waals surface area contributed by atoms with Gasteiger partial charge in [-0.2, -0.15) is 5.26 Å². The van der Waals surface area contributed by atoms with E-state index in [0.29, 0.717) is 29.8 Å². The zero-order valence-electron chi connectivity index (χ0n) is 23.8. The number of ether oxygens (including phenoxy) is 2. The van der Waals surface area contributed by atoms with Crippen molar-refractivity contribution in [3.8, 4) is 11.8 Å². The van der Waals surface area contributed by atoms with Crippen molar-refractivity contribution in [3.63, 3.8) is 0 Å². The molecule has 0 N–H and O–H groups in total. The number of nitrogens with zero attached hydrogens (tertiary/aromatic N) is 1. The zero-order valence-corrected chi connectivity index (χ0v) is 24.8. The molecular formula is C31H45NO4Si. The Balaban J connectivity index is 1.59. The third-order valence-electron chi connectivity index (χ3n) is 7.88. The Labute approximate surface area is 224 Å². The fraction of sp³-hybridized carbons (Fsp3) is 0.581. The minimum absolute atomic E-state index is 0.517. The van der Waals surface area contributed by atoms with Crippen LogP contribution in [-0.2, 0) is 15.3 Å². The second-order valence-corrected chi connectivity index (χ2v) is 16.6. The van der Waals surface area contributed by atoms with Gasteiger partial charge in [-0.15, -0.1) is 0 Å². The summed E-state index contributed by atoms with van der Waals surface area (Å²) in [4.78, 5) is 0. The maximum absolute atomic E-state index is 9.88. The first-order chi connectivity index (χ1) is 17.7. The maximum Gasteiger partial charge on any atom is 0.258 e. The zero-order chi connectivity index (χ0) is 27.1. The van der Waals surface area contributed by atoms with Crippen molar-refractivity contribution in [1.29, 1.82) is 5.26 Å². The molecule has 1 fully saturated rings. The van der Waals surface area contributed by atoms with Crippen LogP contribution in [0.15, 0.2) is 47.3 Å². The number of benzene rings is 1. The van der Waals surface area contributed by atoms with E-state index in [2.05, 4.69) is 78.8 Å². The Bertz CT molecular complexity index is 1040. The van der Waals surface area contributed by atoms with Crippen molar-refractivity contribution in [3.05, 3.63) is 59.6 Å². The Hall–Kier alpha value is -2.33. The molecular weight excluding hydrogens is 478 g/mol. The van der Waals surface area contributed by atoms with Gasteiger partial charge in [0.1, 0.15) is 5.75 Å². The first-order valence-corrected chi connectivity index (χ1v) is 16.0. The molecule has 6 heteroatoms. The third kappa shape index (κ3) is 6.57. The lowest BCUT2D eigenvalue weighted by molar-refractivity contribution is -0.172. The molecule has 0 unspecified atom stereocenters. The minimum atomic E-state index is -2.01. The molecule has 1 aromatic heterocycles. The van der Waals surface area contributed by atoms with Gasteiger partial charge in [-0.05, 0) is 78.2 Å². The molecule has 0 saturated carbocycles. The van der Waals surface area contributed by atoms with Crippen LogP contribution in [-0.4, -0.2) is 21.5 Å². The summed E-state index contributed by atoms with van der Waals surface area (Å²) in [5, 5.41) is 9.88. The molecule has 1 aliphatic rings. The predicted molar refractivity (Wildman–Crippen MR) is 152 cm³/mol. The molecule has 0 bridgehead atoms. The molecule has 202 valence electrons. The standard InChI is InChI=1S/C31H45NO4Si/c1-23(2)37(24(3)4,25(5)6)36-29-13-14-30(26(7)20-29)27(21-32)12-10-8-9-11-16-31(34-18-19-35-31)28-15-17-33-22-28/h12-15,17,20,22-25H,8-11,16,18-19H2,1-7H3/b27-12+. The summed E-state index contributed by atoms with van der Waals surface area (Å²) in [6.07, 6.45) is 10.2. The highest BCUT2D eigenvalue weighted by Gasteiger charge is 2.47. The Kier molecular flexibility index (Phi) is 10.2. The molecule has 1 aromatic carbocycles. The van der Waals surface area contributed by atoms with E-state index < -0.39 is 14.1 Å². The second-order valence-electron chi connectivity index (χ2n) is 11.2. The van der Waals surface area contributed by atoms with Gasteiger partial charge in [0, 0.05) is 12.0 Å². The van der Waals surface area contributed by atoms with Gasteiger partial charge in [0.25, 0.3) is 8.32 Å². The van der Waals surface area contributed by atoms with E-state index in [4.69, 9.17) is 18.3 Å². The summed E-state index contributed by atoms with van der Waals surface area (Å²) in [6.45, 7) is 17.1. The van der Waals surface area contributed by atoms with Crippen molar-refractivity contribution in [2.45, 2.75) is 103 Å². The van der Waals surface area contributed by atoms with Gasteiger partial charge in [-0.1, -0.05) is 54.0 Å². The van der Waals surface area contributed by atoms with Gasteiger partial charge >= 0.3 is 0 Å². The average molecular weight is 524 g/mol. The van der Waals surface area contributed by atoms with Gasteiger partial charge in [-0.25, -0.2) is 0 Å². The van der Waals surface area contributed by atoms with Crippen LogP contribution in [0.3, 0.4) is 0 Å². The first kappa shape index (κ1) is 29.2. The normalized spacial score (nSPS) is 16.1. The van der Waals surface area contributed by atoms with Gasteiger partial charge in [0.05, 0.1) is 37.4 Å². The highest BCUT2D eigenvalue weighted by molar-refractivity contribution is 6.78. The predicted octanol–water partition coefficient (Wildman–Crippen LogP) is 8.90. The van der Waals surface area contributed by atoms with Crippen molar-refractivity contribution >= 4 is 13.9 Å². The lowest BCUT2D eigenvalue weighted by Gasteiger charge is -2.42. The summed E-state index contributed by atoms with van der Waals surface area (Å²) >= 11 is 0. The monoisotopic (exact) mass is 523 g/mol. The number of hydrogen-bond acceptors (Lipinski definition) is 5. The quantitative estimate of drug-likeness (QED) is 0.149. The van der Waals surface area contributed by atoms with Crippen molar-refractivity contribution in [2.75, 3.05) is 13.2 Å². The van der Waals surface area contributed by atoms with Crippen LogP contribution in [0, 0.1) is 18.3 Å². The van der Waals surface area contributed by atoms with Gasteiger partial charge in [0.2, 0.25) is 0 Å². The molecule has 2 aromatic rings. The number of furan rings is 1. The number of allylic oxidation sites excluding steroid dienone is 2. The number of unbranched alkanes of at least 4 members (excludes halogenated alkanes) is 3. The third-order valence-corrected chi connectivity index (χ3v) is 13.9. The van der Waals surface area contributed by atoms with Crippen LogP contribution < -0.4 is 4.43 Å². The molecule has 37 heavy (non-hydrogen) atoms. The molecule has 5 nitrogen and oxygen atoms in total. The second kappa shape index (κ2) is 13.0. The Morgan fingerprint density at radius 2 is 1.70 bits per heavy atom. The number of hydrogen-bond donors (Lipinski definition) is 0. The smallest absolute Gasteiger partial charge is 0.258 e. The van der Waals surface area contributed by atoms with Crippen LogP contribution in [0.25, 0.3) is 5.57 Å².